The summed E-state index contributed by atoms with van der Waals surface area (Å²) in [5.41, 5.74) is 1.87. The number of pyridine rings is 1. The van der Waals surface area contributed by atoms with Crippen LogP contribution in [-0.2, 0) is 4.79 Å². The van der Waals surface area contributed by atoms with Crippen molar-refractivity contribution < 1.29 is 13.6 Å². The molecule has 0 saturated heterocycles. The monoisotopic (exact) mass is 342 g/mol. The predicted octanol–water partition coefficient (Wildman–Crippen LogP) is 4.74. The average molecular weight is 342 g/mol. The third-order valence-corrected chi connectivity index (χ3v) is 4.14. The average Bonchev–Trinajstić information content (AvgIpc) is 3.07. The number of rotatable bonds is 4. The van der Waals surface area contributed by atoms with Gasteiger partial charge in [-0.2, -0.15) is 0 Å². The van der Waals surface area contributed by atoms with Crippen molar-refractivity contribution in [1.82, 2.24) is 4.98 Å². The first kappa shape index (κ1) is 16.0. The number of nitrogens with one attached hydrogen (secondary N) is 1. The van der Waals surface area contributed by atoms with Crippen molar-refractivity contribution in [2.75, 3.05) is 5.32 Å². The normalized spacial score (nSPS) is 10.9. The van der Waals surface area contributed by atoms with Crippen LogP contribution in [0.25, 0.3) is 17.2 Å². The van der Waals surface area contributed by atoms with Crippen LogP contribution in [0.1, 0.15) is 4.88 Å². The molecule has 3 nitrogen and oxygen atoms in total. The highest BCUT2D eigenvalue weighted by molar-refractivity contribution is 7.11. The zero-order valence-electron chi connectivity index (χ0n) is 12.4. The number of benzene rings is 1. The van der Waals surface area contributed by atoms with E-state index in [4.69, 9.17) is 0 Å². The molecule has 0 bridgehead atoms. The van der Waals surface area contributed by atoms with E-state index in [1.165, 1.54) is 29.5 Å². The van der Waals surface area contributed by atoms with E-state index < -0.39 is 17.5 Å². The lowest BCUT2D eigenvalue weighted by molar-refractivity contribution is -0.111. The molecule has 0 unspecified atom stereocenters. The Labute approximate surface area is 141 Å². The fourth-order valence-electron chi connectivity index (χ4n) is 2.07. The summed E-state index contributed by atoms with van der Waals surface area (Å²) < 4.78 is 26.6. The van der Waals surface area contributed by atoms with Gasteiger partial charge in [-0.15, -0.1) is 11.3 Å². The van der Waals surface area contributed by atoms with Gasteiger partial charge in [-0.3, -0.25) is 9.78 Å². The van der Waals surface area contributed by atoms with Crippen LogP contribution in [0.4, 0.5) is 14.5 Å². The number of hydrogen-bond donors (Lipinski definition) is 1. The summed E-state index contributed by atoms with van der Waals surface area (Å²) in [5.74, 6) is -2.61. The minimum absolute atomic E-state index is 0.187. The Morgan fingerprint density at radius 2 is 1.92 bits per heavy atom. The lowest BCUT2D eigenvalue weighted by Gasteiger charge is -2.03. The van der Waals surface area contributed by atoms with E-state index in [-0.39, 0.29) is 5.69 Å². The number of nitrogens with zero attached hydrogens (tertiary/aromatic N) is 1. The Balaban J connectivity index is 1.69. The number of hydrogen-bond acceptors (Lipinski definition) is 3. The highest BCUT2D eigenvalue weighted by Gasteiger charge is 2.09. The molecular weight excluding hydrogens is 330 g/mol. The second-order valence-electron chi connectivity index (χ2n) is 4.90. The first-order valence-corrected chi connectivity index (χ1v) is 7.93. The summed E-state index contributed by atoms with van der Waals surface area (Å²) in [6.45, 7) is 0. The molecule has 120 valence electrons. The lowest BCUT2D eigenvalue weighted by Crippen LogP contribution is -2.09. The first-order chi connectivity index (χ1) is 11.6. The number of carbonyl (C=O) groups excluding carboxylic acids is 1. The first-order valence-electron chi connectivity index (χ1n) is 7.05. The molecule has 0 aliphatic heterocycles. The molecule has 24 heavy (non-hydrogen) atoms. The van der Waals surface area contributed by atoms with E-state index in [1.807, 2.05) is 23.6 Å². The maximum atomic E-state index is 13.5. The molecule has 1 N–H and O–H groups in total. The van der Waals surface area contributed by atoms with Gasteiger partial charge in [0.15, 0.2) is 11.6 Å². The molecule has 1 amide bonds. The largest absolute Gasteiger partial charge is 0.320 e. The third-order valence-electron chi connectivity index (χ3n) is 3.24. The fraction of sp³-hybridized carbons (Fsp3) is 0. The van der Waals surface area contributed by atoms with Crippen molar-refractivity contribution in [1.29, 1.82) is 0 Å². The van der Waals surface area contributed by atoms with Crippen LogP contribution in [0.15, 0.2) is 60.2 Å². The summed E-state index contributed by atoms with van der Waals surface area (Å²) in [6.07, 6.45) is 6.33. The Kier molecular flexibility index (Phi) is 4.77. The Morgan fingerprint density at radius 3 is 2.71 bits per heavy atom. The van der Waals surface area contributed by atoms with Crippen molar-refractivity contribution in [3.8, 4) is 11.1 Å². The minimum atomic E-state index is -1.07. The minimum Gasteiger partial charge on any atom is -0.320 e. The van der Waals surface area contributed by atoms with Crippen LogP contribution >= 0.6 is 11.3 Å². The number of anilines is 1. The van der Waals surface area contributed by atoms with Gasteiger partial charge in [0.25, 0.3) is 0 Å². The zero-order valence-corrected chi connectivity index (χ0v) is 13.2. The maximum absolute atomic E-state index is 13.5. The highest BCUT2D eigenvalue weighted by Crippen LogP contribution is 2.26. The molecular formula is C18H12F2N2OS. The van der Waals surface area contributed by atoms with E-state index in [1.54, 1.807) is 18.5 Å². The summed E-state index contributed by atoms with van der Waals surface area (Å²) in [6, 6.07) is 9.36. The molecule has 0 radical (unpaired) electrons. The number of carbonyl (C=O) groups is 1. The van der Waals surface area contributed by atoms with E-state index in [0.717, 1.165) is 22.1 Å². The summed E-state index contributed by atoms with van der Waals surface area (Å²) >= 11 is 1.48. The Morgan fingerprint density at radius 1 is 1.12 bits per heavy atom. The summed E-state index contributed by atoms with van der Waals surface area (Å²) in [4.78, 5) is 16.7. The van der Waals surface area contributed by atoms with Gasteiger partial charge in [0, 0.05) is 23.3 Å². The van der Waals surface area contributed by atoms with E-state index in [2.05, 4.69) is 10.3 Å². The fourth-order valence-corrected chi connectivity index (χ4v) is 2.88. The third kappa shape index (κ3) is 3.72. The van der Waals surface area contributed by atoms with Crippen molar-refractivity contribution in [2.45, 2.75) is 0 Å². The molecule has 0 saturated carbocycles. The van der Waals surface area contributed by atoms with Crippen LogP contribution < -0.4 is 5.32 Å². The second kappa shape index (κ2) is 7.14. The van der Waals surface area contributed by atoms with Crippen LogP contribution in [0.3, 0.4) is 0 Å². The molecule has 0 atom stereocenters. The summed E-state index contributed by atoms with van der Waals surface area (Å²) in [5, 5.41) is 4.29. The smallest absolute Gasteiger partial charge is 0.248 e. The number of thiophene rings is 1. The van der Waals surface area contributed by atoms with Gasteiger partial charge < -0.3 is 5.32 Å². The molecule has 3 aromatic rings. The molecule has 3 rings (SSSR count). The molecule has 0 aliphatic rings. The highest BCUT2D eigenvalue weighted by atomic mass is 32.1. The van der Waals surface area contributed by atoms with E-state index >= 15 is 0 Å². The molecule has 2 aromatic heterocycles. The standard InChI is InChI=1S/C18H12F2N2OS/c19-15-2-1-3-16(18(15)20)22-17(23)5-4-14-10-13(11-24-14)12-6-8-21-9-7-12/h1-11H,(H,22,23). The number of amides is 1. The molecule has 6 heteroatoms. The molecule has 0 spiro atoms. The van der Waals surface area contributed by atoms with Gasteiger partial charge in [-0.05, 0) is 52.9 Å². The van der Waals surface area contributed by atoms with Crippen LogP contribution in [0.5, 0.6) is 0 Å². The Hall–Kier alpha value is -2.86. The van der Waals surface area contributed by atoms with Crippen molar-refractivity contribution in [3.63, 3.8) is 0 Å². The van der Waals surface area contributed by atoms with Gasteiger partial charge in [0.1, 0.15) is 0 Å². The summed E-state index contributed by atoms with van der Waals surface area (Å²) in [7, 11) is 0. The topological polar surface area (TPSA) is 42.0 Å². The Bertz CT molecular complexity index is 891. The van der Waals surface area contributed by atoms with Gasteiger partial charge in [0.05, 0.1) is 5.69 Å². The quantitative estimate of drug-likeness (QED) is 0.696. The van der Waals surface area contributed by atoms with Crippen molar-refractivity contribution >= 4 is 29.0 Å². The molecule has 0 aliphatic carbocycles. The van der Waals surface area contributed by atoms with E-state index in [0.29, 0.717) is 0 Å². The second-order valence-corrected chi connectivity index (χ2v) is 5.84. The van der Waals surface area contributed by atoms with Crippen molar-refractivity contribution in [3.05, 3.63) is 76.8 Å². The molecule has 1 aromatic carbocycles. The number of aromatic nitrogens is 1. The van der Waals surface area contributed by atoms with Gasteiger partial charge in [-0.25, -0.2) is 8.78 Å². The van der Waals surface area contributed by atoms with Gasteiger partial charge in [-0.1, -0.05) is 6.07 Å². The van der Waals surface area contributed by atoms with Gasteiger partial charge >= 0.3 is 0 Å². The van der Waals surface area contributed by atoms with Crippen molar-refractivity contribution in [2.24, 2.45) is 0 Å². The lowest BCUT2D eigenvalue weighted by atomic mass is 10.1. The van der Waals surface area contributed by atoms with Crippen LogP contribution in [0, 0.1) is 11.6 Å². The van der Waals surface area contributed by atoms with Crippen LogP contribution in [-0.4, -0.2) is 10.9 Å². The molecule has 0 fully saturated rings. The number of halogens is 2. The van der Waals surface area contributed by atoms with E-state index in [9.17, 15) is 13.6 Å². The predicted molar refractivity (Wildman–Crippen MR) is 91.6 cm³/mol. The van der Waals surface area contributed by atoms with Gasteiger partial charge in [0.2, 0.25) is 5.91 Å². The molecule has 2 heterocycles. The maximum Gasteiger partial charge on any atom is 0.248 e. The van der Waals surface area contributed by atoms with Crippen LogP contribution in [0.2, 0.25) is 0 Å². The zero-order chi connectivity index (χ0) is 16.9. The SMILES string of the molecule is O=C(C=Cc1cc(-c2ccncc2)cs1)Nc1cccc(F)c1F.